The molecule has 0 saturated heterocycles. The number of allylic oxidation sites excluding steroid dienone is 1. The number of benzene rings is 3. The fourth-order valence-electron chi connectivity index (χ4n) is 3.82. The minimum atomic E-state index is -0.00194. The van der Waals surface area contributed by atoms with E-state index in [1.807, 2.05) is 72.9 Å². The predicted molar refractivity (Wildman–Crippen MR) is 143 cm³/mol. The van der Waals surface area contributed by atoms with Crippen LogP contribution >= 0.6 is 0 Å². The first-order valence-corrected chi connectivity index (χ1v) is 11.7. The molecule has 1 amide bonds. The van der Waals surface area contributed by atoms with Gasteiger partial charge in [0, 0.05) is 24.7 Å². The Morgan fingerprint density at radius 2 is 1.76 bits per heavy atom. The van der Waals surface area contributed by atoms with E-state index in [0.717, 1.165) is 22.4 Å². The number of methoxy groups -OCH3 is 2. The largest absolute Gasteiger partial charge is 0.493 e. The van der Waals surface area contributed by atoms with Crippen molar-refractivity contribution in [1.29, 1.82) is 5.26 Å². The van der Waals surface area contributed by atoms with Crippen LogP contribution in [0.2, 0.25) is 0 Å². The van der Waals surface area contributed by atoms with Gasteiger partial charge in [-0.15, -0.1) is 5.10 Å². The van der Waals surface area contributed by atoms with Crippen molar-refractivity contribution in [2.75, 3.05) is 26.2 Å². The van der Waals surface area contributed by atoms with Crippen molar-refractivity contribution in [3.05, 3.63) is 90.1 Å². The average Bonchev–Trinajstić information content (AvgIpc) is 3.43. The normalized spacial score (nSPS) is 11.0. The van der Waals surface area contributed by atoms with Crippen LogP contribution in [0.25, 0.3) is 22.9 Å². The second kappa shape index (κ2) is 11.7. The van der Waals surface area contributed by atoms with Crippen molar-refractivity contribution in [1.82, 2.24) is 15.0 Å². The molecule has 3 aromatic carbocycles. The van der Waals surface area contributed by atoms with Crippen LogP contribution in [0.15, 0.2) is 79.0 Å². The van der Waals surface area contributed by atoms with Gasteiger partial charge in [0.15, 0.2) is 11.5 Å². The van der Waals surface area contributed by atoms with Gasteiger partial charge >= 0.3 is 0 Å². The highest BCUT2D eigenvalue weighted by Gasteiger charge is 2.12. The van der Waals surface area contributed by atoms with E-state index in [-0.39, 0.29) is 5.91 Å². The molecule has 0 aliphatic heterocycles. The van der Waals surface area contributed by atoms with E-state index >= 15 is 0 Å². The Morgan fingerprint density at radius 1 is 1.03 bits per heavy atom. The predicted octanol–water partition coefficient (Wildman–Crippen LogP) is 5.08. The van der Waals surface area contributed by atoms with Gasteiger partial charge in [0.2, 0.25) is 5.91 Å². The van der Waals surface area contributed by atoms with Crippen LogP contribution < -0.4 is 14.4 Å². The van der Waals surface area contributed by atoms with Crippen molar-refractivity contribution in [2.45, 2.75) is 13.0 Å². The first-order chi connectivity index (χ1) is 18.0. The van der Waals surface area contributed by atoms with Crippen molar-refractivity contribution in [3.8, 4) is 28.8 Å². The number of carbonyl (C=O) groups is 1. The van der Waals surface area contributed by atoms with Gasteiger partial charge in [-0.05, 0) is 41.5 Å². The standard InChI is InChI=1S/C29H27N5O3/c1-33(25-7-5-4-6-8-25)29(35)15-16-34-20-26(31-32-34)23-12-10-22(11-13-23)24(19-30)17-21-9-14-27(36-2)28(18-21)37-3/h4-14,17-18,20H,15-16H2,1-3H3/b24-17+. The van der Waals surface area contributed by atoms with Crippen LogP contribution in [-0.2, 0) is 11.3 Å². The Labute approximate surface area is 216 Å². The second-order valence-electron chi connectivity index (χ2n) is 8.27. The summed E-state index contributed by atoms with van der Waals surface area (Å²) in [6, 6.07) is 24.8. The number of nitriles is 1. The third-order valence-corrected chi connectivity index (χ3v) is 5.94. The topological polar surface area (TPSA) is 93.3 Å². The number of rotatable bonds is 9. The highest BCUT2D eigenvalue weighted by Crippen LogP contribution is 2.30. The van der Waals surface area contributed by atoms with Crippen molar-refractivity contribution in [3.63, 3.8) is 0 Å². The molecule has 8 nitrogen and oxygen atoms in total. The third kappa shape index (κ3) is 6.03. The maximum Gasteiger partial charge on any atom is 0.228 e. The lowest BCUT2D eigenvalue weighted by molar-refractivity contribution is -0.118. The molecule has 0 unspecified atom stereocenters. The summed E-state index contributed by atoms with van der Waals surface area (Å²) in [5.74, 6) is 1.22. The van der Waals surface area contributed by atoms with Crippen molar-refractivity contribution in [2.24, 2.45) is 0 Å². The number of amides is 1. The molecule has 1 heterocycles. The molecule has 0 aliphatic rings. The van der Waals surface area contributed by atoms with E-state index in [9.17, 15) is 10.1 Å². The van der Waals surface area contributed by atoms with E-state index in [4.69, 9.17) is 9.47 Å². The molecule has 8 heteroatoms. The number of aryl methyl sites for hydroxylation is 1. The smallest absolute Gasteiger partial charge is 0.228 e. The highest BCUT2D eigenvalue weighted by molar-refractivity contribution is 5.92. The highest BCUT2D eigenvalue weighted by atomic mass is 16.5. The zero-order valence-electron chi connectivity index (χ0n) is 21.0. The number of hydrogen-bond donors (Lipinski definition) is 0. The summed E-state index contributed by atoms with van der Waals surface area (Å²) < 4.78 is 12.3. The van der Waals surface area contributed by atoms with Gasteiger partial charge in [-0.25, -0.2) is 0 Å². The molecule has 0 spiro atoms. The zero-order chi connectivity index (χ0) is 26.2. The number of carbonyl (C=O) groups excluding carboxylic acids is 1. The van der Waals surface area contributed by atoms with Gasteiger partial charge in [0.1, 0.15) is 5.69 Å². The number of anilines is 1. The maximum absolute atomic E-state index is 12.5. The Kier molecular flexibility index (Phi) is 7.96. The van der Waals surface area contributed by atoms with Gasteiger partial charge in [-0.2, -0.15) is 5.26 Å². The first-order valence-electron chi connectivity index (χ1n) is 11.7. The number of nitrogens with zero attached hydrogens (tertiary/aromatic N) is 5. The van der Waals surface area contributed by atoms with Crippen LogP contribution in [0.5, 0.6) is 11.5 Å². The molecule has 0 aliphatic carbocycles. The molecule has 0 N–H and O–H groups in total. The molecule has 0 saturated carbocycles. The Bertz CT molecular complexity index is 1440. The van der Waals surface area contributed by atoms with E-state index in [0.29, 0.717) is 35.7 Å². The average molecular weight is 494 g/mol. The Balaban J connectivity index is 1.43. The summed E-state index contributed by atoms with van der Waals surface area (Å²) in [6.07, 6.45) is 3.92. The molecule has 186 valence electrons. The molecule has 0 radical (unpaired) electrons. The third-order valence-electron chi connectivity index (χ3n) is 5.94. The maximum atomic E-state index is 12.5. The van der Waals surface area contributed by atoms with E-state index in [1.54, 1.807) is 43.0 Å². The fraction of sp³-hybridized carbons (Fsp3) is 0.172. The van der Waals surface area contributed by atoms with E-state index in [1.165, 1.54) is 0 Å². The molecule has 4 aromatic rings. The minimum absolute atomic E-state index is 0.00194. The van der Waals surface area contributed by atoms with Crippen LogP contribution in [0, 0.1) is 11.3 Å². The fourth-order valence-corrected chi connectivity index (χ4v) is 3.82. The first kappa shape index (κ1) is 25.2. The number of hydrogen-bond acceptors (Lipinski definition) is 6. The summed E-state index contributed by atoms with van der Waals surface area (Å²) in [4.78, 5) is 14.2. The van der Waals surface area contributed by atoms with Crippen LogP contribution in [0.3, 0.4) is 0 Å². The summed E-state index contributed by atoms with van der Waals surface area (Å²) >= 11 is 0. The Hall–Kier alpha value is -4.90. The zero-order valence-corrected chi connectivity index (χ0v) is 21.0. The van der Waals surface area contributed by atoms with Crippen LogP contribution in [0.1, 0.15) is 17.5 Å². The van der Waals surface area contributed by atoms with Gasteiger partial charge in [0.05, 0.1) is 38.6 Å². The van der Waals surface area contributed by atoms with Gasteiger partial charge < -0.3 is 14.4 Å². The molecule has 0 fully saturated rings. The molecule has 37 heavy (non-hydrogen) atoms. The molecule has 0 bridgehead atoms. The molecule has 0 atom stereocenters. The number of ether oxygens (including phenoxy) is 2. The lowest BCUT2D eigenvalue weighted by Gasteiger charge is -2.16. The SMILES string of the molecule is COc1ccc(/C=C(\C#N)c2ccc(-c3cn(CCC(=O)N(C)c4ccccc4)nn3)cc2)cc1OC. The van der Waals surface area contributed by atoms with E-state index in [2.05, 4.69) is 16.4 Å². The molecule has 4 rings (SSSR count). The lowest BCUT2D eigenvalue weighted by atomic mass is 10.0. The van der Waals surface area contributed by atoms with Crippen LogP contribution in [0.4, 0.5) is 5.69 Å². The van der Waals surface area contributed by atoms with Crippen molar-refractivity contribution < 1.29 is 14.3 Å². The summed E-state index contributed by atoms with van der Waals surface area (Å²) in [5.41, 5.74) is 4.54. The van der Waals surface area contributed by atoms with E-state index < -0.39 is 0 Å². The molecule has 1 aromatic heterocycles. The van der Waals surface area contributed by atoms with Gasteiger partial charge in [0.25, 0.3) is 0 Å². The molecular weight excluding hydrogens is 466 g/mol. The summed E-state index contributed by atoms with van der Waals surface area (Å²) in [7, 11) is 4.92. The molecular formula is C29H27N5O3. The lowest BCUT2D eigenvalue weighted by Crippen LogP contribution is -2.27. The monoisotopic (exact) mass is 493 g/mol. The quantitative estimate of drug-likeness (QED) is 0.238. The van der Waals surface area contributed by atoms with Gasteiger partial charge in [-0.3, -0.25) is 9.48 Å². The minimum Gasteiger partial charge on any atom is -0.493 e. The Morgan fingerprint density at radius 3 is 2.43 bits per heavy atom. The van der Waals surface area contributed by atoms with Crippen molar-refractivity contribution >= 4 is 23.2 Å². The summed E-state index contributed by atoms with van der Waals surface area (Å²) in [6.45, 7) is 0.424. The number of para-hydroxylation sites is 1. The summed E-state index contributed by atoms with van der Waals surface area (Å²) in [5, 5.41) is 18.2. The van der Waals surface area contributed by atoms with Gasteiger partial charge in [-0.1, -0.05) is 53.7 Å². The van der Waals surface area contributed by atoms with Crippen LogP contribution in [-0.4, -0.2) is 42.2 Å². The number of aromatic nitrogens is 3. The second-order valence-corrected chi connectivity index (χ2v) is 8.27.